The number of anilines is 1. The number of amides is 1. The highest BCUT2D eigenvalue weighted by atomic mass is 16.1. The molecule has 134 valence electrons. The molecule has 1 heterocycles. The van der Waals surface area contributed by atoms with Gasteiger partial charge in [0.1, 0.15) is 0 Å². The Kier molecular flexibility index (Phi) is 5.81. The van der Waals surface area contributed by atoms with E-state index < -0.39 is 0 Å². The van der Waals surface area contributed by atoms with Gasteiger partial charge in [0.05, 0.1) is 6.33 Å². The third-order valence-electron chi connectivity index (χ3n) is 4.17. The van der Waals surface area contributed by atoms with Gasteiger partial charge in [-0.1, -0.05) is 24.3 Å². The van der Waals surface area contributed by atoms with Crippen molar-refractivity contribution in [3.05, 3.63) is 83.9 Å². The highest BCUT2D eigenvalue weighted by Crippen LogP contribution is 2.13. The Morgan fingerprint density at radius 2 is 1.92 bits per heavy atom. The summed E-state index contributed by atoms with van der Waals surface area (Å²) in [5.74, 6) is -0.0986. The summed E-state index contributed by atoms with van der Waals surface area (Å²) >= 11 is 0. The largest absolute Gasteiger partial charge is 0.333 e. The van der Waals surface area contributed by atoms with Crippen LogP contribution in [0.1, 0.15) is 21.5 Å². The fraction of sp³-hybridized carbons (Fsp3) is 0.238. The summed E-state index contributed by atoms with van der Waals surface area (Å²) < 4.78 is 1.98. The predicted molar refractivity (Wildman–Crippen MR) is 104 cm³/mol. The number of nitrogens with one attached hydrogen (secondary N) is 1. The maximum absolute atomic E-state index is 12.5. The molecule has 1 amide bonds. The molecule has 0 atom stereocenters. The molecular formula is C21H24N4O. The monoisotopic (exact) mass is 348 g/mol. The van der Waals surface area contributed by atoms with Gasteiger partial charge in [-0.25, -0.2) is 4.98 Å². The summed E-state index contributed by atoms with van der Waals surface area (Å²) in [6, 6.07) is 15.7. The quantitative estimate of drug-likeness (QED) is 0.713. The molecule has 0 fully saturated rings. The highest BCUT2D eigenvalue weighted by Gasteiger charge is 2.07. The van der Waals surface area contributed by atoms with Crippen molar-refractivity contribution < 1.29 is 4.79 Å². The predicted octanol–water partition coefficient (Wildman–Crippen LogP) is 3.29. The molecule has 0 unspecified atom stereocenters. The number of carbonyl (C=O) groups excluding carboxylic acids is 1. The zero-order chi connectivity index (χ0) is 18.4. The molecule has 0 aliphatic carbocycles. The van der Waals surface area contributed by atoms with Crippen molar-refractivity contribution in [1.29, 1.82) is 0 Å². The van der Waals surface area contributed by atoms with Crippen molar-refractivity contribution >= 4 is 11.6 Å². The van der Waals surface area contributed by atoms with Crippen LogP contribution in [0.4, 0.5) is 5.69 Å². The molecule has 0 radical (unpaired) electrons. The van der Waals surface area contributed by atoms with E-state index in [0.717, 1.165) is 24.2 Å². The summed E-state index contributed by atoms with van der Waals surface area (Å²) in [4.78, 5) is 18.7. The van der Waals surface area contributed by atoms with E-state index in [-0.39, 0.29) is 5.91 Å². The lowest BCUT2D eigenvalue weighted by molar-refractivity contribution is 0.102. The van der Waals surface area contributed by atoms with E-state index in [2.05, 4.69) is 41.4 Å². The van der Waals surface area contributed by atoms with Crippen molar-refractivity contribution in [1.82, 2.24) is 14.5 Å². The van der Waals surface area contributed by atoms with E-state index >= 15 is 0 Å². The third kappa shape index (κ3) is 5.04. The number of imidazole rings is 1. The molecule has 5 nitrogen and oxygen atoms in total. The van der Waals surface area contributed by atoms with Gasteiger partial charge in [-0.05, 0) is 55.9 Å². The molecule has 0 spiro atoms. The fourth-order valence-corrected chi connectivity index (χ4v) is 2.71. The molecule has 5 heteroatoms. The zero-order valence-electron chi connectivity index (χ0n) is 15.2. The Bertz CT molecular complexity index is 839. The maximum atomic E-state index is 12.5. The number of hydrogen-bond acceptors (Lipinski definition) is 3. The van der Waals surface area contributed by atoms with Crippen LogP contribution in [0.3, 0.4) is 0 Å². The van der Waals surface area contributed by atoms with E-state index in [1.54, 1.807) is 12.5 Å². The number of hydrogen-bond donors (Lipinski definition) is 1. The van der Waals surface area contributed by atoms with E-state index in [1.165, 1.54) is 5.56 Å². The Morgan fingerprint density at radius 1 is 1.12 bits per heavy atom. The topological polar surface area (TPSA) is 50.2 Å². The molecule has 1 aromatic heterocycles. The summed E-state index contributed by atoms with van der Waals surface area (Å²) in [6.07, 6.45) is 6.42. The zero-order valence-corrected chi connectivity index (χ0v) is 15.2. The molecule has 2 aromatic carbocycles. The molecule has 3 aromatic rings. The summed E-state index contributed by atoms with van der Waals surface area (Å²) in [7, 11) is 4.13. The van der Waals surface area contributed by atoms with Crippen LogP contribution in [0.2, 0.25) is 0 Å². The second-order valence-electron chi connectivity index (χ2n) is 6.64. The lowest BCUT2D eigenvalue weighted by Crippen LogP contribution is -2.15. The maximum Gasteiger partial charge on any atom is 0.255 e. The Labute approximate surface area is 154 Å². The fourth-order valence-electron chi connectivity index (χ4n) is 2.71. The second-order valence-corrected chi connectivity index (χ2v) is 6.64. The molecule has 0 saturated heterocycles. The van der Waals surface area contributed by atoms with Crippen molar-refractivity contribution in [3.63, 3.8) is 0 Å². The number of aromatic nitrogens is 2. The number of carbonyl (C=O) groups is 1. The van der Waals surface area contributed by atoms with Crippen LogP contribution in [-0.4, -0.2) is 41.0 Å². The molecule has 0 aliphatic heterocycles. The minimum atomic E-state index is -0.0986. The van der Waals surface area contributed by atoms with Gasteiger partial charge in [0, 0.05) is 36.7 Å². The van der Waals surface area contributed by atoms with Crippen LogP contribution in [0.5, 0.6) is 0 Å². The van der Waals surface area contributed by atoms with E-state index in [0.29, 0.717) is 12.1 Å². The minimum Gasteiger partial charge on any atom is -0.333 e. The van der Waals surface area contributed by atoms with Crippen molar-refractivity contribution in [3.8, 4) is 0 Å². The first-order chi connectivity index (χ1) is 12.6. The summed E-state index contributed by atoms with van der Waals surface area (Å²) in [5, 5.41) is 2.97. The van der Waals surface area contributed by atoms with E-state index in [1.807, 2.05) is 47.2 Å². The van der Waals surface area contributed by atoms with Crippen LogP contribution in [0.15, 0.2) is 67.3 Å². The molecular weight excluding hydrogens is 324 g/mol. The normalized spacial score (nSPS) is 10.9. The van der Waals surface area contributed by atoms with Gasteiger partial charge in [0.25, 0.3) is 5.91 Å². The Hall–Kier alpha value is -2.92. The molecule has 3 rings (SSSR count). The van der Waals surface area contributed by atoms with Gasteiger partial charge >= 0.3 is 0 Å². The first-order valence-electron chi connectivity index (χ1n) is 8.70. The van der Waals surface area contributed by atoms with Crippen molar-refractivity contribution in [2.24, 2.45) is 0 Å². The molecule has 0 bridgehead atoms. The molecule has 0 aliphatic rings. The number of likely N-dealkylation sites (N-methyl/N-ethyl adjacent to an activating group) is 1. The minimum absolute atomic E-state index is 0.0986. The molecule has 0 saturated carbocycles. The third-order valence-corrected chi connectivity index (χ3v) is 4.17. The number of benzene rings is 2. The summed E-state index contributed by atoms with van der Waals surface area (Å²) in [5.41, 5.74) is 3.79. The van der Waals surface area contributed by atoms with Gasteiger partial charge in [-0.15, -0.1) is 0 Å². The van der Waals surface area contributed by atoms with Gasteiger partial charge in [0.2, 0.25) is 0 Å². The highest BCUT2D eigenvalue weighted by molar-refractivity contribution is 6.04. The van der Waals surface area contributed by atoms with Crippen LogP contribution in [0, 0.1) is 0 Å². The van der Waals surface area contributed by atoms with E-state index in [9.17, 15) is 4.79 Å². The Balaban J connectivity index is 1.62. The standard InChI is InChI=1S/C21H24N4O/c1-24(2)12-10-17-6-8-20(9-7-17)23-21(26)19-5-3-4-18(14-19)15-25-13-11-22-16-25/h3-9,11,13-14,16H,10,12,15H2,1-2H3,(H,23,26). The van der Waals surface area contributed by atoms with E-state index in [4.69, 9.17) is 0 Å². The van der Waals surface area contributed by atoms with Gasteiger partial charge < -0.3 is 14.8 Å². The van der Waals surface area contributed by atoms with Gasteiger partial charge in [-0.2, -0.15) is 0 Å². The first kappa shape index (κ1) is 17.9. The Morgan fingerprint density at radius 3 is 2.62 bits per heavy atom. The van der Waals surface area contributed by atoms with Crippen LogP contribution < -0.4 is 5.32 Å². The summed E-state index contributed by atoms with van der Waals surface area (Å²) in [6.45, 7) is 1.71. The average molecular weight is 348 g/mol. The smallest absolute Gasteiger partial charge is 0.255 e. The van der Waals surface area contributed by atoms with Gasteiger partial charge in [-0.3, -0.25) is 4.79 Å². The number of nitrogens with zero attached hydrogens (tertiary/aromatic N) is 3. The average Bonchev–Trinajstić information content (AvgIpc) is 3.14. The van der Waals surface area contributed by atoms with Crippen LogP contribution in [-0.2, 0) is 13.0 Å². The van der Waals surface area contributed by atoms with Crippen molar-refractivity contribution in [2.75, 3.05) is 26.0 Å². The van der Waals surface area contributed by atoms with Crippen LogP contribution >= 0.6 is 0 Å². The second kappa shape index (κ2) is 8.45. The lowest BCUT2D eigenvalue weighted by Gasteiger charge is -2.10. The SMILES string of the molecule is CN(C)CCc1ccc(NC(=O)c2cccc(Cn3ccnc3)c2)cc1. The number of rotatable bonds is 7. The molecule has 1 N–H and O–H groups in total. The van der Waals surface area contributed by atoms with Crippen LogP contribution in [0.25, 0.3) is 0 Å². The van der Waals surface area contributed by atoms with Gasteiger partial charge in [0.15, 0.2) is 0 Å². The first-order valence-corrected chi connectivity index (χ1v) is 8.70. The molecule has 26 heavy (non-hydrogen) atoms. The lowest BCUT2D eigenvalue weighted by atomic mass is 10.1. The van der Waals surface area contributed by atoms with Crippen molar-refractivity contribution in [2.45, 2.75) is 13.0 Å².